The fourth-order valence-electron chi connectivity index (χ4n) is 1.62. The van der Waals surface area contributed by atoms with E-state index in [0.29, 0.717) is 12.5 Å². The van der Waals surface area contributed by atoms with Crippen molar-refractivity contribution in [1.82, 2.24) is 15.3 Å². The zero-order chi connectivity index (χ0) is 15.2. The molecule has 110 valence electrons. The number of amides is 1. The molecule has 1 aromatic heterocycles. The van der Waals surface area contributed by atoms with Gasteiger partial charge in [-0.15, -0.1) is 0 Å². The number of para-hydroxylation sites is 1. The highest BCUT2D eigenvalue weighted by Crippen LogP contribution is 2.16. The van der Waals surface area contributed by atoms with Crippen LogP contribution >= 0.6 is 0 Å². The summed E-state index contributed by atoms with van der Waals surface area (Å²) in [6, 6.07) is 7.72. The van der Waals surface area contributed by atoms with E-state index in [-0.39, 0.29) is 23.2 Å². The number of carbonyl (C=O) groups is 1. The van der Waals surface area contributed by atoms with E-state index in [4.69, 9.17) is 0 Å². The number of aromatic nitrogens is 2. The largest absolute Gasteiger partial charge is 0.350 e. The summed E-state index contributed by atoms with van der Waals surface area (Å²) in [5.74, 6) is -0.150. The fourth-order valence-corrected chi connectivity index (χ4v) is 1.62. The molecule has 21 heavy (non-hydrogen) atoms. The van der Waals surface area contributed by atoms with Crippen molar-refractivity contribution in [2.24, 2.45) is 5.92 Å². The van der Waals surface area contributed by atoms with E-state index in [1.807, 2.05) is 13.8 Å². The zero-order valence-electron chi connectivity index (χ0n) is 11.9. The van der Waals surface area contributed by atoms with E-state index < -0.39 is 5.82 Å². The third-order valence-electron chi connectivity index (χ3n) is 2.68. The Morgan fingerprint density at radius 1 is 1.29 bits per heavy atom. The third kappa shape index (κ3) is 4.24. The van der Waals surface area contributed by atoms with E-state index >= 15 is 0 Å². The second kappa shape index (κ2) is 6.78. The van der Waals surface area contributed by atoms with Crippen LogP contribution in [0.25, 0.3) is 0 Å². The summed E-state index contributed by atoms with van der Waals surface area (Å²) < 4.78 is 13.5. The maximum absolute atomic E-state index is 13.5. The van der Waals surface area contributed by atoms with E-state index in [2.05, 4.69) is 20.6 Å². The Hall–Kier alpha value is -2.50. The van der Waals surface area contributed by atoms with Gasteiger partial charge in [-0.25, -0.2) is 14.4 Å². The number of benzene rings is 1. The van der Waals surface area contributed by atoms with Gasteiger partial charge in [-0.05, 0) is 24.1 Å². The molecule has 0 bridgehead atoms. The molecule has 6 heteroatoms. The van der Waals surface area contributed by atoms with Crippen molar-refractivity contribution < 1.29 is 9.18 Å². The van der Waals surface area contributed by atoms with Gasteiger partial charge in [-0.1, -0.05) is 26.0 Å². The van der Waals surface area contributed by atoms with Gasteiger partial charge in [0.25, 0.3) is 5.91 Å². The Morgan fingerprint density at radius 3 is 2.76 bits per heavy atom. The highest BCUT2D eigenvalue weighted by atomic mass is 19.1. The first-order valence-electron chi connectivity index (χ1n) is 6.69. The van der Waals surface area contributed by atoms with Crippen molar-refractivity contribution in [3.63, 3.8) is 0 Å². The predicted octanol–water partition coefficient (Wildman–Crippen LogP) is 2.75. The standard InChI is InChI=1S/C15H17FN4O/c1-10(2)9-18-14(21)13-7-8-17-15(20-13)19-12-6-4-3-5-11(12)16/h3-8,10H,9H2,1-2H3,(H,18,21)(H,17,19,20). The molecular weight excluding hydrogens is 271 g/mol. The average molecular weight is 288 g/mol. The van der Waals surface area contributed by atoms with Gasteiger partial charge < -0.3 is 10.6 Å². The lowest BCUT2D eigenvalue weighted by molar-refractivity contribution is 0.0944. The van der Waals surface area contributed by atoms with Gasteiger partial charge in [-0.3, -0.25) is 4.79 Å². The number of anilines is 2. The van der Waals surface area contributed by atoms with Crippen molar-refractivity contribution >= 4 is 17.5 Å². The molecule has 2 N–H and O–H groups in total. The second-order valence-corrected chi connectivity index (χ2v) is 4.97. The molecule has 1 heterocycles. The van der Waals surface area contributed by atoms with Crippen LogP contribution in [0.1, 0.15) is 24.3 Å². The average Bonchev–Trinajstić information content (AvgIpc) is 2.47. The van der Waals surface area contributed by atoms with Crippen LogP contribution in [0.3, 0.4) is 0 Å². The van der Waals surface area contributed by atoms with Crippen LogP contribution in [-0.4, -0.2) is 22.4 Å². The first kappa shape index (κ1) is 14.9. The molecule has 2 rings (SSSR count). The molecule has 1 aromatic carbocycles. The molecule has 0 atom stereocenters. The lowest BCUT2D eigenvalue weighted by Gasteiger charge is -2.09. The molecule has 0 aliphatic carbocycles. The number of hydrogen-bond acceptors (Lipinski definition) is 4. The van der Waals surface area contributed by atoms with Gasteiger partial charge in [0.2, 0.25) is 5.95 Å². The number of hydrogen-bond donors (Lipinski definition) is 2. The maximum Gasteiger partial charge on any atom is 0.270 e. The summed E-state index contributed by atoms with van der Waals surface area (Å²) >= 11 is 0. The minimum atomic E-state index is -0.407. The number of nitrogens with zero attached hydrogens (tertiary/aromatic N) is 2. The van der Waals surface area contributed by atoms with Crippen LogP contribution < -0.4 is 10.6 Å². The number of carbonyl (C=O) groups excluding carboxylic acids is 1. The van der Waals surface area contributed by atoms with Gasteiger partial charge >= 0.3 is 0 Å². The fraction of sp³-hybridized carbons (Fsp3) is 0.267. The smallest absolute Gasteiger partial charge is 0.270 e. The molecule has 2 aromatic rings. The Kier molecular flexibility index (Phi) is 4.81. The van der Waals surface area contributed by atoms with E-state index in [1.165, 1.54) is 18.3 Å². The Balaban J connectivity index is 2.11. The molecule has 0 aliphatic heterocycles. The molecule has 5 nitrogen and oxygen atoms in total. The number of nitrogens with one attached hydrogen (secondary N) is 2. The molecule has 0 aliphatic rings. The van der Waals surface area contributed by atoms with Gasteiger partial charge in [0, 0.05) is 12.7 Å². The van der Waals surface area contributed by atoms with Crippen LogP contribution in [0.2, 0.25) is 0 Å². The normalized spacial score (nSPS) is 10.5. The lowest BCUT2D eigenvalue weighted by Crippen LogP contribution is -2.28. The Labute approximate surface area is 122 Å². The molecule has 0 unspecified atom stereocenters. The molecule has 1 amide bonds. The van der Waals surface area contributed by atoms with Gasteiger partial charge in [-0.2, -0.15) is 0 Å². The third-order valence-corrected chi connectivity index (χ3v) is 2.68. The lowest BCUT2D eigenvalue weighted by atomic mass is 10.2. The van der Waals surface area contributed by atoms with Crippen molar-refractivity contribution in [2.75, 3.05) is 11.9 Å². The summed E-state index contributed by atoms with van der Waals surface area (Å²) in [5, 5.41) is 5.52. The van der Waals surface area contributed by atoms with Crippen LogP contribution in [-0.2, 0) is 0 Å². The van der Waals surface area contributed by atoms with Crippen molar-refractivity contribution in [3.8, 4) is 0 Å². The van der Waals surface area contributed by atoms with Gasteiger partial charge in [0.1, 0.15) is 11.5 Å². The zero-order valence-corrected chi connectivity index (χ0v) is 11.9. The van der Waals surface area contributed by atoms with Crippen LogP contribution in [0.4, 0.5) is 16.0 Å². The van der Waals surface area contributed by atoms with Crippen LogP contribution in [0.5, 0.6) is 0 Å². The minimum Gasteiger partial charge on any atom is -0.350 e. The maximum atomic E-state index is 13.5. The minimum absolute atomic E-state index is 0.178. The van der Waals surface area contributed by atoms with E-state index in [1.54, 1.807) is 18.2 Å². The van der Waals surface area contributed by atoms with Crippen LogP contribution in [0, 0.1) is 11.7 Å². The Bertz CT molecular complexity index is 631. The second-order valence-electron chi connectivity index (χ2n) is 4.97. The van der Waals surface area contributed by atoms with E-state index in [9.17, 15) is 9.18 Å². The van der Waals surface area contributed by atoms with Crippen molar-refractivity contribution in [3.05, 3.63) is 48.0 Å². The summed E-state index contributed by atoms with van der Waals surface area (Å²) in [6.45, 7) is 4.58. The molecular formula is C15H17FN4O. The predicted molar refractivity (Wildman–Crippen MR) is 78.9 cm³/mol. The highest BCUT2D eigenvalue weighted by Gasteiger charge is 2.10. The first-order valence-corrected chi connectivity index (χ1v) is 6.69. The van der Waals surface area contributed by atoms with Crippen LogP contribution in [0.15, 0.2) is 36.5 Å². The summed E-state index contributed by atoms with van der Waals surface area (Å²) in [4.78, 5) is 20.0. The summed E-state index contributed by atoms with van der Waals surface area (Å²) in [5.41, 5.74) is 0.502. The Morgan fingerprint density at radius 2 is 2.05 bits per heavy atom. The van der Waals surface area contributed by atoms with E-state index in [0.717, 1.165) is 0 Å². The van der Waals surface area contributed by atoms with Crippen molar-refractivity contribution in [1.29, 1.82) is 0 Å². The van der Waals surface area contributed by atoms with Crippen molar-refractivity contribution in [2.45, 2.75) is 13.8 Å². The molecule has 0 fully saturated rings. The summed E-state index contributed by atoms with van der Waals surface area (Å²) in [7, 11) is 0. The first-order chi connectivity index (χ1) is 10.1. The summed E-state index contributed by atoms with van der Waals surface area (Å²) in [6.07, 6.45) is 1.46. The number of rotatable bonds is 5. The highest BCUT2D eigenvalue weighted by molar-refractivity contribution is 5.92. The topological polar surface area (TPSA) is 66.9 Å². The SMILES string of the molecule is CC(C)CNC(=O)c1ccnc(Nc2ccccc2F)n1. The molecule has 0 saturated carbocycles. The number of halogens is 1. The molecule has 0 radical (unpaired) electrons. The molecule has 0 saturated heterocycles. The molecule has 0 spiro atoms. The quantitative estimate of drug-likeness (QED) is 0.887. The van der Waals surface area contributed by atoms with Gasteiger partial charge in [0.05, 0.1) is 5.69 Å². The van der Waals surface area contributed by atoms with Gasteiger partial charge in [0.15, 0.2) is 0 Å². The monoisotopic (exact) mass is 288 g/mol.